The zero-order valence-corrected chi connectivity index (χ0v) is 15.7. The molecule has 0 radical (unpaired) electrons. The van der Waals surface area contributed by atoms with Crippen molar-refractivity contribution in [3.63, 3.8) is 0 Å². The van der Waals surface area contributed by atoms with Crippen LogP contribution in [-0.2, 0) is 27.3 Å². The van der Waals surface area contributed by atoms with Gasteiger partial charge in [0.05, 0.1) is 31.0 Å². The summed E-state index contributed by atoms with van der Waals surface area (Å²) < 4.78 is 11.1. The van der Waals surface area contributed by atoms with E-state index in [-0.39, 0.29) is 11.5 Å². The van der Waals surface area contributed by atoms with Gasteiger partial charge in [0.2, 0.25) is 5.91 Å². The molecule has 2 aliphatic rings. The van der Waals surface area contributed by atoms with E-state index in [2.05, 4.69) is 16.3 Å². The van der Waals surface area contributed by atoms with Crippen LogP contribution in [0.4, 0.5) is 5.00 Å². The highest BCUT2D eigenvalue weighted by Gasteiger charge is 2.31. The Bertz CT molecular complexity index is 672. The van der Waals surface area contributed by atoms with E-state index in [9.17, 15) is 10.1 Å². The van der Waals surface area contributed by atoms with Gasteiger partial charge in [-0.2, -0.15) is 5.26 Å². The molecule has 7 heteroatoms. The van der Waals surface area contributed by atoms with E-state index in [1.165, 1.54) is 11.3 Å². The predicted octanol–water partition coefficient (Wildman–Crippen LogP) is 2.52. The van der Waals surface area contributed by atoms with Crippen LogP contribution in [0.2, 0.25) is 0 Å². The van der Waals surface area contributed by atoms with Gasteiger partial charge in [0.25, 0.3) is 0 Å². The largest absolute Gasteiger partial charge is 0.379 e. The number of anilines is 1. The molecule has 1 N–H and O–H groups in total. The van der Waals surface area contributed by atoms with Gasteiger partial charge in [0, 0.05) is 30.8 Å². The summed E-state index contributed by atoms with van der Waals surface area (Å²) in [5, 5.41) is 13.2. The van der Waals surface area contributed by atoms with Crippen LogP contribution < -0.4 is 5.32 Å². The van der Waals surface area contributed by atoms with Crippen LogP contribution in [0.5, 0.6) is 0 Å². The molecule has 2 aliphatic heterocycles. The van der Waals surface area contributed by atoms with Gasteiger partial charge < -0.3 is 14.8 Å². The van der Waals surface area contributed by atoms with Crippen LogP contribution in [0.25, 0.3) is 0 Å². The second kappa shape index (κ2) is 7.83. The third-order valence-corrected chi connectivity index (χ3v) is 5.75. The molecule has 0 atom stereocenters. The van der Waals surface area contributed by atoms with E-state index in [1.807, 2.05) is 13.8 Å². The van der Waals surface area contributed by atoms with Gasteiger partial charge in [-0.25, -0.2) is 0 Å². The van der Waals surface area contributed by atoms with Crippen molar-refractivity contribution in [1.29, 1.82) is 5.26 Å². The maximum Gasteiger partial charge on any atom is 0.225 e. The highest BCUT2D eigenvalue weighted by molar-refractivity contribution is 7.16. The van der Waals surface area contributed by atoms with Crippen LogP contribution in [0, 0.1) is 11.3 Å². The normalized spacial score (nSPS) is 19.9. The standard InChI is InChI=1S/C18H25N3O3S/c1-18(2)10-13-14(11-19)17(25-15(13)12-24-18)20-16(22)4-3-5-21-6-8-23-9-7-21/h3-10,12H2,1-2H3,(H,20,22). The molecule has 25 heavy (non-hydrogen) atoms. The minimum absolute atomic E-state index is 0.0245. The van der Waals surface area contributed by atoms with Crippen LogP contribution in [0.3, 0.4) is 0 Å². The Kier molecular flexibility index (Phi) is 5.74. The highest BCUT2D eigenvalue weighted by atomic mass is 32.1. The topological polar surface area (TPSA) is 74.6 Å². The number of ether oxygens (including phenoxy) is 2. The number of morpholine rings is 1. The van der Waals surface area contributed by atoms with Crippen molar-refractivity contribution in [1.82, 2.24) is 4.90 Å². The summed E-state index contributed by atoms with van der Waals surface area (Å²) in [6.07, 6.45) is 1.98. The predicted molar refractivity (Wildman–Crippen MR) is 96.7 cm³/mol. The maximum atomic E-state index is 12.3. The van der Waals surface area contributed by atoms with E-state index < -0.39 is 0 Å². The Balaban J connectivity index is 1.56. The summed E-state index contributed by atoms with van der Waals surface area (Å²) >= 11 is 1.47. The summed E-state index contributed by atoms with van der Waals surface area (Å²) in [6.45, 7) is 8.89. The fourth-order valence-electron chi connectivity index (χ4n) is 3.24. The fourth-order valence-corrected chi connectivity index (χ4v) is 4.33. The van der Waals surface area contributed by atoms with Crippen molar-refractivity contribution < 1.29 is 14.3 Å². The Morgan fingerprint density at radius 2 is 2.16 bits per heavy atom. The summed E-state index contributed by atoms with van der Waals surface area (Å²) in [5.41, 5.74) is 1.38. The molecule has 6 nitrogen and oxygen atoms in total. The average molecular weight is 363 g/mol. The number of nitriles is 1. The molecule has 0 spiro atoms. The molecule has 136 valence electrons. The summed E-state index contributed by atoms with van der Waals surface area (Å²) in [4.78, 5) is 15.6. The molecule has 3 rings (SSSR count). The van der Waals surface area contributed by atoms with E-state index >= 15 is 0 Å². The second-order valence-electron chi connectivity index (χ2n) is 7.15. The molecule has 0 saturated carbocycles. The van der Waals surface area contributed by atoms with Crippen LogP contribution in [-0.4, -0.2) is 49.3 Å². The van der Waals surface area contributed by atoms with Gasteiger partial charge in [-0.3, -0.25) is 9.69 Å². The second-order valence-corrected chi connectivity index (χ2v) is 8.26. The first-order valence-corrected chi connectivity index (χ1v) is 9.59. The van der Waals surface area contributed by atoms with Gasteiger partial charge in [0.1, 0.15) is 11.1 Å². The number of nitrogens with one attached hydrogen (secondary N) is 1. The lowest BCUT2D eigenvalue weighted by atomic mass is 9.93. The van der Waals surface area contributed by atoms with E-state index in [0.717, 1.165) is 49.7 Å². The Hall–Kier alpha value is -1.46. The number of thiophene rings is 1. The zero-order valence-electron chi connectivity index (χ0n) is 14.9. The molecule has 1 saturated heterocycles. The van der Waals surface area contributed by atoms with Crippen molar-refractivity contribution in [3.8, 4) is 6.07 Å². The SMILES string of the molecule is CC1(C)Cc2c(sc(NC(=O)CCCN3CCOCC3)c2C#N)CO1. The van der Waals surface area contributed by atoms with Gasteiger partial charge in [-0.15, -0.1) is 11.3 Å². The summed E-state index contributed by atoms with van der Waals surface area (Å²) in [6, 6.07) is 2.27. The number of carbonyl (C=O) groups excluding carboxylic acids is 1. The van der Waals surface area contributed by atoms with Gasteiger partial charge in [-0.1, -0.05) is 0 Å². The van der Waals surface area contributed by atoms with Crippen molar-refractivity contribution in [2.45, 2.75) is 45.3 Å². The number of carbonyl (C=O) groups is 1. The average Bonchev–Trinajstić information content (AvgIpc) is 2.90. The zero-order chi connectivity index (χ0) is 17.9. The monoisotopic (exact) mass is 363 g/mol. The van der Waals surface area contributed by atoms with E-state index in [4.69, 9.17) is 9.47 Å². The van der Waals surface area contributed by atoms with E-state index in [0.29, 0.717) is 30.0 Å². The lowest BCUT2D eigenvalue weighted by Crippen LogP contribution is -2.37. The lowest BCUT2D eigenvalue weighted by Gasteiger charge is -2.29. The number of amides is 1. The molecule has 3 heterocycles. The first kappa shape index (κ1) is 18.3. The van der Waals surface area contributed by atoms with Gasteiger partial charge in [0.15, 0.2) is 0 Å². The number of rotatable bonds is 5. The molecule has 1 aromatic heterocycles. The molecular formula is C18H25N3O3S. The number of hydrogen-bond donors (Lipinski definition) is 1. The first-order valence-electron chi connectivity index (χ1n) is 8.77. The highest BCUT2D eigenvalue weighted by Crippen LogP contribution is 2.40. The van der Waals surface area contributed by atoms with Crippen molar-refractivity contribution in [2.24, 2.45) is 0 Å². The first-order chi connectivity index (χ1) is 12.0. The quantitative estimate of drug-likeness (QED) is 0.870. The molecule has 1 aromatic rings. The van der Waals surface area contributed by atoms with Crippen LogP contribution in [0.1, 0.15) is 42.7 Å². The van der Waals surface area contributed by atoms with E-state index in [1.54, 1.807) is 0 Å². The Morgan fingerprint density at radius 1 is 1.40 bits per heavy atom. The number of fused-ring (bicyclic) bond motifs is 1. The lowest BCUT2D eigenvalue weighted by molar-refractivity contribution is -0.116. The summed E-state index contributed by atoms with van der Waals surface area (Å²) in [7, 11) is 0. The Morgan fingerprint density at radius 3 is 2.88 bits per heavy atom. The molecule has 1 amide bonds. The Labute approximate surface area is 152 Å². The third kappa shape index (κ3) is 4.59. The number of nitrogens with zero attached hydrogens (tertiary/aromatic N) is 2. The number of hydrogen-bond acceptors (Lipinski definition) is 6. The molecule has 0 aliphatic carbocycles. The van der Waals surface area contributed by atoms with Gasteiger partial charge in [-0.05, 0) is 32.4 Å². The van der Waals surface area contributed by atoms with Crippen LogP contribution >= 0.6 is 11.3 Å². The van der Waals surface area contributed by atoms with Crippen molar-refractivity contribution >= 4 is 22.2 Å². The van der Waals surface area contributed by atoms with Crippen LogP contribution in [0.15, 0.2) is 0 Å². The molecule has 0 unspecified atom stereocenters. The van der Waals surface area contributed by atoms with Crippen molar-refractivity contribution in [2.75, 3.05) is 38.2 Å². The molecule has 0 aromatic carbocycles. The minimum Gasteiger partial charge on any atom is -0.379 e. The molecule has 1 fully saturated rings. The minimum atomic E-state index is -0.265. The van der Waals surface area contributed by atoms with Crippen molar-refractivity contribution in [3.05, 3.63) is 16.0 Å². The molecule has 0 bridgehead atoms. The third-order valence-electron chi connectivity index (χ3n) is 4.63. The maximum absolute atomic E-state index is 12.3. The molecular weight excluding hydrogens is 338 g/mol. The van der Waals surface area contributed by atoms with Gasteiger partial charge >= 0.3 is 0 Å². The summed E-state index contributed by atoms with van der Waals surface area (Å²) in [5.74, 6) is -0.0245. The fraction of sp³-hybridized carbons (Fsp3) is 0.667. The smallest absolute Gasteiger partial charge is 0.225 e.